The molecule has 0 saturated carbocycles. The number of carbonyl (C=O) groups is 2. The Balaban J connectivity index is 2.01. The number of benzene rings is 2. The van der Waals surface area contributed by atoms with Gasteiger partial charge < -0.3 is 10.2 Å². The Kier molecular flexibility index (Phi) is 10.2. The maximum Gasteiger partial charge on any atom is 0.242 e. The fourth-order valence-electron chi connectivity index (χ4n) is 3.19. The molecule has 0 radical (unpaired) electrons. The molecule has 6 heteroatoms. The summed E-state index contributed by atoms with van der Waals surface area (Å²) in [4.78, 5) is 28.6. The first-order chi connectivity index (χ1) is 14.4. The van der Waals surface area contributed by atoms with Gasteiger partial charge >= 0.3 is 0 Å². The summed E-state index contributed by atoms with van der Waals surface area (Å²) in [7, 11) is 0. The molecule has 30 heavy (non-hydrogen) atoms. The topological polar surface area (TPSA) is 49.4 Å². The highest BCUT2D eigenvalue weighted by Gasteiger charge is 2.27. The van der Waals surface area contributed by atoms with E-state index in [-0.39, 0.29) is 11.8 Å². The minimum atomic E-state index is -0.456. The maximum atomic E-state index is 13.1. The van der Waals surface area contributed by atoms with E-state index in [9.17, 15) is 9.59 Å². The second-order valence-corrected chi connectivity index (χ2v) is 8.84. The summed E-state index contributed by atoms with van der Waals surface area (Å²) < 4.78 is 0. The molecule has 0 saturated heterocycles. The van der Waals surface area contributed by atoms with Crippen LogP contribution in [0.2, 0.25) is 5.02 Å². The molecule has 0 aliphatic heterocycles. The van der Waals surface area contributed by atoms with Gasteiger partial charge in [0.15, 0.2) is 0 Å². The number of carbonyl (C=O) groups excluding carboxylic acids is 2. The molecule has 0 fully saturated rings. The van der Waals surface area contributed by atoms with E-state index < -0.39 is 6.04 Å². The summed E-state index contributed by atoms with van der Waals surface area (Å²) in [5.74, 6) is 0.769. The average molecular weight is 447 g/mol. The van der Waals surface area contributed by atoms with Crippen molar-refractivity contribution in [3.8, 4) is 0 Å². The third kappa shape index (κ3) is 7.69. The van der Waals surface area contributed by atoms with Crippen LogP contribution >= 0.6 is 23.4 Å². The highest BCUT2D eigenvalue weighted by Crippen LogP contribution is 2.22. The molecular weight excluding hydrogens is 416 g/mol. The van der Waals surface area contributed by atoms with Crippen molar-refractivity contribution in [2.24, 2.45) is 0 Å². The van der Waals surface area contributed by atoms with E-state index in [1.54, 1.807) is 16.7 Å². The number of rotatable bonds is 11. The number of hydrogen-bond acceptors (Lipinski definition) is 3. The van der Waals surface area contributed by atoms with Crippen molar-refractivity contribution in [2.75, 3.05) is 12.3 Å². The van der Waals surface area contributed by atoms with E-state index in [0.29, 0.717) is 25.9 Å². The Bertz CT molecular complexity index is 809. The van der Waals surface area contributed by atoms with E-state index in [0.717, 1.165) is 27.7 Å². The van der Waals surface area contributed by atoms with E-state index >= 15 is 0 Å². The zero-order chi connectivity index (χ0) is 21.9. The zero-order valence-electron chi connectivity index (χ0n) is 18.0. The van der Waals surface area contributed by atoms with Crippen molar-refractivity contribution in [3.05, 3.63) is 64.7 Å². The minimum Gasteiger partial charge on any atom is -0.355 e. The van der Waals surface area contributed by atoms with Crippen LogP contribution < -0.4 is 5.32 Å². The standard InChI is InChI=1S/C24H31ClN2O2S/c1-4-22(24(29)26-5-2)27(17-19-10-8-18(3)9-11-19)23(28)7-6-16-30-21-14-12-20(25)13-15-21/h8-15,22H,4-7,16-17H2,1-3H3,(H,26,29)/t22-/m1/s1. The number of aryl methyl sites for hydroxylation is 1. The van der Waals surface area contributed by atoms with Gasteiger partial charge in [-0.3, -0.25) is 9.59 Å². The van der Waals surface area contributed by atoms with Crippen molar-refractivity contribution >= 4 is 35.2 Å². The van der Waals surface area contributed by atoms with Crippen molar-refractivity contribution in [2.45, 2.75) is 57.5 Å². The molecule has 1 N–H and O–H groups in total. The lowest BCUT2D eigenvalue weighted by Gasteiger charge is -2.30. The molecule has 0 heterocycles. The Morgan fingerprint density at radius 2 is 1.73 bits per heavy atom. The fourth-order valence-corrected chi connectivity index (χ4v) is 4.17. The Morgan fingerprint density at radius 3 is 2.33 bits per heavy atom. The predicted octanol–water partition coefficient (Wildman–Crippen LogP) is 5.46. The molecule has 0 aliphatic rings. The largest absolute Gasteiger partial charge is 0.355 e. The first kappa shape index (κ1) is 24.3. The average Bonchev–Trinajstić information content (AvgIpc) is 2.74. The van der Waals surface area contributed by atoms with Crippen LogP contribution in [0.3, 0.4) is 0 Å². The predicted molar refractivity (Wildman–Crippen MR) is 126 cm³/mol. The summed E-state index contributed by atoms with van der Waals surface area (Å²) in [6, 6.07) is 15.4. The van der Waals surface area contributed by atoms with Gasteiger partial charge in [0.05, 0.1) is 0 Å². The summed E-state index contributed by atoms with van der Waals surface area (Å²) in [6.45, 7) is 6.88. The van der Waals surface area contributed by atoms with Crippen molar-refractivity contribution < 1.29 is 9.59 Å². The first-order valence-electron chi connectivity index (χ1n) is 10.5. The van der Waals surface area contributed by atoms with Crippen molar-refractivity contribution in [1.82, 2.24) is 10.2 Å². The molecule has 2 aromatic carbocycles. The quantitative estimate of drug-likeness (QED) is 0.368. The number of nitrogens with one attached hydrogen (secondary N) is 1. The lowest BCUT2D eigenvalue weighted by molar-refractivity contribution is -0.141. The van der Waals surface area contributed by atoms with Crippen LogP contribution in [0.4, 0.5) is 0 Å². The molecule has 0 unspecified atom stereocenters. The van der Waals surface area contributed by atoms with Gasteiger partial charge in [-0.25, -0.2) is 0 Å². The third-order valence-electron chi connectivity index (χ3n) is 4.83. The third-order valence-corrected chi connectivity index (χ3v) is 6.18. The second-order valence-electron chi connectivity index (χ2n) is 7.23. The van der Waals surface area contributed by atoms with E-state index in [2.05, 4.69) is 5.32 Å². The molecule has 0 spiro atoms. The van der Waals surface area contributed by atoms with Gasteiger partial charge in [0, 0.05) is 29.4 Å². The Labute approximate surface area is 189 Å². The summed E-state index contributed by atoms with van der Waals surface area (Å²) in [5, 5.41) is 3.59. The molecule has 2 amide bonds. The van der Waals surface area contributed by atoms with Crippen LogP contribution in [0.25, 0.3) is 0 Å². The van der Waals surface area contributed by atoms with Crippen LogP contribution in [0.1, 0.15) is 44.2 Å². The summed E-state index contributed by atoms with van der Waals surface area (Å²) in [6.07, 6.45) is 1.76. The molecule has 4 nitrogen and oxygen atoms in total. The van der Waals surface area contributed by atoms with Crippen LogP contribution in [0, 0.1) is 6.92 Å². The highest BCUT2D eigenvalue weighted by atomic mass is 35.5. The molecule has 0 bridgehead atoms. The number of amides is 2. The molecular formula is C24H31ClN2O2S. The van der Waals surface area contributed by atoms with Crippen LogP contribution in [-0.4, -0.2) is 35.1 Å². The van der Waals surface area contributed by atoms with Gasteiger partial charge in [-0.05, 0) is 62.3 Å². The molecule has 2 aromatic rings. The van der Waals surface area contributed by atoms with Gasteiger partial charge in [-0.15, -0.1) is 11.8 Å². The minimum absolute atomic E-state index is 0.0189. The highest BCUT2D eigenvalue weighted by molar-refractivity contribution is 7.99. The number of halogens is 1. The zero-order valence-corrected chi connectivity index (χ0v) is 19.6. The maximum absolute atomic E-state index is 13.1. The molecule has 1 atom stereocenters. The first-order valence-corrected chi connectivity index (χ1v) is 11.8. The summed E-state index contributed by atoms with van der Waals surface area (Å²) in [5.41, 5.74) is 2.21. The lowest BCUT2D eigenvalue weighted by Crippen LogP contribution is -2.49. The van der Waals surface area contributed by atoms with Crippen LogP contribution in [-0.2, 0) is 16.1 Å². The van der Waals surface area contributed by atoms with Crippen molar-refractivity contribution in [3.63, 3.8) is 0 Å². The molecule has 162 valence electrons. The van der Waals surface area contributed by atoms with Gasteiger partial charge in [0.1, 0.15) is 6.04 Å². The number of likely N-dealkylation sites (N-methyl/N-ethyl adjacent to an activating group) is 1. The smallest absolute Gasteiger partial charge is 0.242 e. The van der Waals surface area contributed by atoms with Gasteiger partial charge in [0.25, 0.3) is 0 Å². The van der Waals surface area contributed by atoms with E-state index in [4.69, 9.17) is 11.6 Å². The molecule has 0 aromatic heterocycles. The Hall–Kier alpha value is -1.98. The normalized spacial score (nSPS) is 11.7. The van der Waals surface area contributed by atoms with Gasteiger partial charge in [-0.2, -0.15) is 0 Å². The van der Waals surface area contributed by atoms with E-state index in [1.807, 2.05) is 69.3 Å². The molecule has 0 aliphatic carbocycles. The number of thioether (sulfide) groups is 1. The van der Waals surface area contributed by atoms with Gasteiger partial charge in [-0.1, -0.05) is 48.4 Å². The van der Waals surface area contributed by atoms with Crippen LogP contribution in [0.15, 0.2) is 53.4 Å². The Morgan fingerprint density at radius 1 is 1.07 bits per heavy atom. The number of hydrogen-bond donors (Lipinski definition) is 1. The SMILES string of the molecule is CCNC(=O)[C@@H](CC)N(Cc1ccc(C)cc1)C(=O)CCCSc1ccc(Cl)cc1. The second kappa shape index (κ2) is 12.7. The summed E-state index contributed by atoms with van der Waals surface area (Å²) >= 11 is 7.63. The van der Waals surface area contributed by atoms with Gasteiger partial charge in [0.2, 0.25) is 11.8 Å². The monoisotopic (exact) mass is 446 g/mol. The van der Waals surface area contributed by atoms with Crippen molar-refractivity contribution in [1.29, 1.82) is 0 Å². The molecule has 2 rings (SSSR count). The lowest BCUT2D eigenvalue weighted by atomic mass is 10.1. The number of nitrogens with zero attached hydrogens (tertiary/aromatic N) is 1. The fraction of sp³-hybridized carbons (Fsp3) is 0.417. The van der Waals surface area contributed by atoms with E-state index in [1.165, 1.54) is 5.56 Å². The van der Waals surface area contributed by atoms with Crippen LogP contribution in [0.5, 0.6) is 0 Å².